The van der Waals surface area contributed by atoms with Crippen LogP contribution in [0.25, 0.3) is 21.9 Å². The van der Waals surface area contributed by atoms with E-state index in [2.05, 4.69) is 11.7 Å². The van der Waals surface area contributed by atoms with E-state index in [1.165, 1.54) is 12.0 Å². The van der Waals surface area contributed by atoms with Gasteiger partial charge in [0.1, 0.15) is 40.4 Å². The van der Waals surface area contributed by atoms with E-state index in [9.17, 15) is 22.0 Å². The summed E-state index contributed by atoms with van der Waals surface area (Å²) in [5.41, 5.74) is -2.58. The van der Waals surface area contributed by atoms with Crippen LogP contribution in [0.1, 0.15) is 80.9 Å². The molecule has 0 radical (unpaired) electrons. The van der Waals surface area contributed by atoms with Crippen molar-refractivity contribution in [1.82, 2.24) is 0 Å². The summed E-state index contributed by atoms with van der Waals surface area (Å²) in [6.45, 7) is 2.13. The van der Waals surface area contributed by atoms with Crippen LogP contribution >= 0.6 is 0 Å². The lowest BCUT2D eigenvalue weighted by molar-refractivity contribution is -0.189. The first-order valence-electron chi connectivity index (χ1n) is 15.5. The van der Waals surface area contributed by atoms with Gasteiger partial charge in [-0.05, 0) is 90.4 Å². The molecule has 11 heteroatoms. The zero-order chi connectivity index (χ0) is 34.8. The van der Waals surface area contributed by atoms with Crippen molar-refractivity contribution < 1.29 is 48.6 Å². The minimum Gasteiger partial charge on any atom is -0.429 e. The Morgan fingerprint density at radius 2 is 1.44 bits per heavy atom. The van der Waals surface area contributed by atoms with Gasteiger partial charge < -0.3 is 4.74 Å². The highest BCUT2D eigenvalue weighted by molar-refractivity contribution is 5.89. The van der Waals surface area contributed by atoms with Gasteiger partial charge in [0, 0.05) is 22.9 Å². The number of hydrogen-bond acceptors (Lipinski definition) is 1. The first-order chi connectivity index (χ1) is 22.7. The average molecular weight is 681 g/mol. The summed E-state index contributed by atoms with van der Waals surface area (Å²) in [7, 11) is 0. The van der Waals surface area contributed by atoms with Gasteiger partial charge in [0.15, 0.2) is 0 Å². The zero-order valence-corrected chi connectivity index (χ0v) is 25.7. The van der Waals surface area contributed by atoms with E-state index in [0.29, 0.717) is 30.4 Å². The molecular weight excluding hydrogens is 650 g/mol. The van der Waals surface area contributed by atoms with Crippen molar-refractivity contribution in [2.75, 3.05) is 0 Å². The normalized spacial score (nSPS) is 16.9. The lowest BCUT2D eigenvalue weighted by atomic mass is 9.77. The molecule has 0 bridgehead atoms. The zero-order valence-electron chi connectivity index (χ0n) is 25.7. The number of ether oxygens (including phenoxy) is 1. The molecule has 1 aliphatic carbocycles. The quantitative estimate of drug-likeness (QED) is 0.0971. The summed E-state index contributed by atoms with van der Waals surface area (Å²) in [4.78, 5) is 0. The first-order valence-corrected chi connectivity index (χ1v) is 15.5. The maximum atomic E-state index is 15.1. The van der Waals surface area contributed by atoms with Crippen LogP contribution in [0.2, 0.25) is 0 Å². The molecule has 0 aliphatic heterocycles. The van der Waals surface area contributed by atoms with E-state index in [-0.39, 0.29) is 27.8 Å². The molecule has 0 heterocycles. The van der Waals surface area contributed by atoms with E-state index in [1.54, 1.807) is 0 Å². The number of rotatable bonds is 9. The topological polar surface area (TPSA) is 9.23 Å². The van der Waals surface area contributed by atoms with Crippen molar-refractivity contribution in [3.8, 4) is 28.7 Å². The van der Waals surface area contributed by atoms with Crippen molar-refractivity contribution >= 4 is 10.8 Å². The molecule has 0 atom stereocenters. The standard InChI is InChI=1S/C37H30F10O/c1-2-3-4-5-21-6-8-22(9-7-21)24-17-32(40)34(33(41)18-24)37(46,47)48-26-11-13-27(31(39)20-26)23-10-12-28-25(16-23)19-30(38)29(35(28)42)14-15-36(43,44)45/h10-13,16-22H,2-9H2,1H3. The molecular formula is C37H30F10O. The molecule has 1 fully saturated rings. The number of halogens is 10. The third kappa shape index (κ3) is 7.91. The van der Waals surface area contributed by atoms with Crippen molar-refractivity contribution in [3.63, 3.8) is 0 Å². The van der Waals surface area contributed by atoms with Crippen LogP contribution in [0, 0.1) is 46.8 Å². The van der Waals surface area contributed by atoms with Crippen molar-refractivity contribution in [3.05, 3.63) is 100 Å². The van der Waals surface area contributed by atoms with Crippen LogP contribution in [0.5, 0.6) is 5.75 Å². The maximum absolute atomic E-state index is 15.1. The van der Waals surface area contributed by atoms with Gasteiger partial charge in [-0.2, -0.15) is 22.0 Å². The maximum Gasteiger partial charge on any atom is 0.458 e. The van der Waals surface area contributed by atoms with Gasteiger partial charge in [0.25, 0.3) is 0 Å². The first kappa shape index (κ1) is 35.1. The van der Waals surface area contributed by atoms with Gasteiger partial charge >= 0.3 is 12.3 Å². The van der Waals surface area contributed by atoms with Crippen molar-refractivity contribution in [2.45, 2.75) is 76.5 Å². The molecule has 1 nitrogen and oxygen atoms in total. The second-order valence-corrected chi connectivity index (χ2v) is 12.1. The second-order valence-electron chi connectivity index (χ2n) is 12.1. The highest BCUT2D eigenvalue weighted by atomic mass is 19.4. The van der Waals surface area contributed by atoms with Crippen molar-refractivity contribution in [2.24, 2.45) is 5.92 Å². The number of unbranched alkanes of at least 4 members (excludes halogenated alkanes) is 2. The Kier molecular flexibility index (Phi) is 10.3. The fraction of sp³-hybridized carbons (Fsp3) is 0.351. The van der Waals surface area contributed by atoms with Gasteiger partial charge in [0.2, 0.25) is 0 Å². The van der Waals surface area contributed by atoms with Gasteiger partial charge in [0.05, 0.1) is 5.56 Å². The van der Waals surface area contributed by atoms with Crippen LogP contribution in [0.4, 0.5) is 43.9 Å². The van der Waals surface area contributed by atoms with E-state index < -0.39 is 58.2 Å². The molecule has 4 aromatic rings. The summed E-state index contributed by atoms with van der Waals surface area (Å²) in [6, 6.07) is 8.44. The van der Waals surface area contributed by atoms with Gasteiger partial charge in [-0.1, -0.05) is 50.7 Å². The highest BCUT2D eigenvalue weighted by Gasteiger charge is 2.42. The van der Waals surface area contributed by atoms with Gasteiger partial charge in [-0.3, -0.25) is 0 Å². The molecule has 48 heavy (non-hydrogen) atoms. The third-order valence-electron chi connectivity index (χ3n) is 8.74. The molecule has 0 saturated heterocycles. The molecule has 4 aromatic carbocycles. The van der Waals surface area contributed by atoms with Crippen LogP contribution in [-0.4, -0.2) is 6.18 Å². The van der Waals surface area contributed by atoms with E-state index in [0.717, 1.165) is 86.9 Å². The predicted molar refractivity (Wildman–Crippen MR) is 162 cm³/mol. The molecule has 1 aliphatic rings. The summed E-state index contributed by atoms with van der Waals surface area (Å²) in [6.07, 6.45) is -1.79. The van der Waals surface area contributed by atoms with E-state index >= 15 is 22.0 Å². The molecule has 0 spiro atoms. The molecule has 1 saturated carbocycles. The fourth-order valence-electron chi connectivity index (χ4n) is 6.31. The van der Waals surface area contributed by atoms with Crippen LogP contribution in [-0.2, 0) is 6.11 Å². The monoisotopic (exact) mass is 680 g/mol. The summed E-state index contributed by atoms with van der Waals surface area (Å²) >= 11 is 0. The summed E-state index contributed by atoms with van der Waals surface area (Å²) in [5, 5.41) is -0.433. The smallest absolute Gasteiger partial charge is 0.429 e. The Bertz CT molecular complexity index is 1840. The molecule has 0 aromatic heterocycles. The molecule has 0 unspecified atom stereocenters. The number of alkyl halides is 5. The lowest BCUT2D eigenvalue weighted by Crippen LogP contribution is -2.26. The largest absolute Gasteiger partial charge is 0.458 e. The molecule has 0 amide bonds. The molecule has 5 rings (SSSR count). The highest BCUT2D eigenvalue weighted by Crippen LogP contribution is 2.42. The summed E-state index contributed by atoms with van der Waals surface area (Å²) < 4.78 is 147. The van der Waals surface area contributed by atoms with Crippen molar-refractivity contribution in [1.29, 1.82) is 0 Å². The van der Waals surface area contributed by atoms with Crippen LogP contribution < -0.4 is 4.74 Å². The van der Waals surface area contributed by atoms with Gasteiger partial charge in [-0.15, -0.1) is 0 Å². The van der Waals surface area contributed by atoms with Crippen LogP contribution in [0.3, 0.4) is 0 Å². The number of fused-ring (bicyclic) bond motifs is 1. The Hall–Kier alpha value is -4.20. The third-order valence-corrected chi connectivity index (χ3v) is 8.74. The predicted octanol–water partition coefficient (Wildman–Crippen LogP) is 12.1. The summed E-state index contributed by atoms with van der Waals surface area (Å²) in [5.74, 6) is -4.94. The number of benzene rings is 4. The Labute approximate surface area is 270 Å². The molecule has 254 valence electrons. The Morgan fingerprint density at radius 3 is 2.06 bits per heavy atom. The fourth-order valence-corrected chi connectivity index (χ4v) is 6.31. The van der Waals surface area contributed by atoms with E-state index in [4.69, 9.17) is 0 Å². The minimum atomic E-state index is -4.98. The number of hydrogen-bond donors (Lipinski definition) is 0. The Morgan fingerprint density at radius 1 is 0.750 bits per heavy atom. The minimum absolute atomic E-state index is 0.0360. The lowest BCUT2D eigenvalue weighted by Gasteiger charge is -2.29. The SMILES string of the molecule is CCCCCC1CCC(c2cc(F)c(C(F)(F)Oc3ccc(-c4ccc5c(F)c(C#CC(F)(F)F)c(F)cc5c4)c(F)c3)c(F)c2)CC1. The van der Waals surface area contributed by atoms with Gasteiger partial charge in [-0.25, -0.2) is 22.0 Å². The Balaban J connectivity index is 1.33. The van der Waals surface area contributed by atoms with E-state index in [1.807, 2.05) is 0 Å². The average Bonchev–Trinajstić information content (AvgIpc) is 3.00. The van der Waals surface area contributed by atoms with Crippen LogP contribution in [0.15, 0.2) is 54.6 Å². The molecule has 0 N–H and O–H groups in total. The second kappa shape index (κ2) is 14.1.